The van der Waals surface area contributed by atoms with Crippen LogP contribution in [0.2, 0.25) is 0 Å². The fourth-order valence-corrected chi connectivity index (χ4v) is 2.73. The highest BCUT2D eigenvalue weighted by Gasteiger charge is 2.09. The molecule has 0 spiro atoms. The molecule has 1 N–H and O–H groups in total. The molecule has 148 valence electrons. The monoisotopic (exact) mass is 403 g/mol. The number of anilines is 1. The summed E-state index contributed by atoms with van der Waals surface area (Å²) in [6.45, 7) is 0. The van der Waals surface area contributed by atoms with Crippen LogP contribution >= 0.6 is 0 Å². The predicted octanol–water partition coefficient (Wildman–Crippen LogP) is 5.47. The highest BCUT2D eigenvalue weighted by atomic mass is 19.1. The lowest BCUT2D eigenvalue weighted by Crippen LogP contribution is -2.11. The number of benzene rings is 3. The first-order valence-corrected chi connectivity index (χ1v) is 9.00. The maximum atomic E-state index is 13.1. The quantitative estimate of drug-likeness (QED) is 0.480. The lowest BCUT2D eigenvalue weighted by atomic mass is 10.1. The second-order valence-corrected chi connectivity index (χ2v) is 6.34. The summed E-state index contributed by atoms with van der Waals surface area (Å²) in [5.74, 6) is -0.388. The van der Waals surface area contributed by atoms with Crippen molar-refractivity contribution in [3.05, 3.63) is 102 Å². The van der Waals surface area contributed by atoms with Gasteiger partial charge in [-0.25, -0.2) is 18.7 Å². The summed E-state index contributed by atoms with van der Waals surface area (Å²) in [6.07, 6.45) is 1.35. The summed E-state index contributed by atoms with van der Waals surface area (Å²) in [4.78, 5) is 20.7. The van der Waals surface area contributed by atoms with Crippen LogP contribution in [0.15, 0.2) is 85.2 Å². The van der Waals surface area contributed by atoms with Crippen molar-refractivity contribution in [3.8, 4) is 22.9 Å². The van der Waals surface area contributed by atoms with Crippen molar-refractivity contribution < 1.29 is 18.3 Å². The first kappa shape index (κ1) is 19.2. The summed E-state index contributed by atoms with van der Waals surface area (Å²) in [6, 6.07) is 19.6. The minimum absolute atomic E-state index is 0.278. The number of carbonyl (C=O) groups is 1. The Bertz CT molecular complexity index is 1180. The smallest absolute Gasteiger partial charge is 0.255 e. The maximum absolute atomic E-state index is 13.1. The molecule has 3 aromatic carbocycles. The van der Waals surface area contributed by atoms with E-state index < -0.39 is 0 Å². The Morgan fingerprint density at radius 2 is 1.53 bits per heavy atom. The highest BCUT2D eigenvalue weighted by molar-refractivity contribution is 6.04. The van der Waals surface area contributed by atoms with Gasteiger partial charge in [0.2, 0.25) is 5.88 Å². The first-order chi connectivity index (χ1) is 14.6. The van der Waals surface area contributed by atoms with Crippen LogP contribution in [0.3, 0.4) is 0 Å². The van der Waals surface area contributed by atoms with Crippen LogP contribution in [0, 0.1) is 11.6 Å². The molecule has 0 aliphatic carbocycles. The molecule has 0 saturated heterocycles. The average molecular weight is 403 g/mol. The Hall–Kier alpha value is -4.13. The van der Waals surface area contributed by atoms with Gasteiger partial charge in [-0.2, -0.15) is 0 Å². The van der Waals surface area contributed by atoms with Crippen molar-refractivity contribution in [1.82, 2.24) is 9.97 Å². The van der Waals surface area contributed by atoms with Crippen molar-refractivity contribution in [3.63, 3.8) is 0 Å². The number of ether oxygens (including phenoxy) is 1. The molecule has 30 heavy (non-hydrogen) atoms. The lowest BCUT2D eigenvalue weighted by molar-refractivity contribution is 0.102. The topological polar surface area (TPSA) is 64.1 Å². The number of amides is 1. The number of hydrogen-bond acceptors (Lipinski definition) is 4. The van der Waals surface area contributed by atoms with Gasteiger partial charge >= 0.3 is 0 Å². The van der Waals surface area contributed by atoms with Crippen LogP contribution in [0.4, 0.5) is 14.5 Å². The Balaban J connectivity index is 1.50. The molecule has 0 radical (unpaired) electrons. The Labute approximate surface area is 171 Å². The van der Waals surface area contributed by atoms with Gasteiger partial charge < -0.3 is 10.1 Å². The van der Waals surface area contributed by atoms with Crippen LogP contribution in [0.25, 0.3) is 11.3 Å². The molecule has 0 bridgehead atoms. The largest absolute Gasteiger partial charge is 0.439 e. The fraction of sp³-hybridized carbons (Fsp3) is 0. The molecular formula is C23H15F2N3O2. The summed E-state index contributed by atoms with van der Waals surface area (Å²) < 4.78 is 31.9. The summed E-state index contributed by atoms with van der Waals surface area (Å²) >= 11 is 0. The van der Waals surface area contributed by atoms with Gasteiger partial charge in [0.05, 0.1) is 5.69 Å². The van der Waals surface area contributed by atoms with Gasteiger partial charge in [-0.15, -0.1) is 0 Å². The molecule has 1 amide bonds. The van der Waals surface area contributed by atoms with E-state index in [9.17, 15) is 13.6 Å². The van der Waals surface area contributed by atoms with Gasteiger partial charge in [0.1, 0.15) is 23.7 Å². The second kappa shape index (κ2) is 8.48. The Kier molecular flexibility index (Phi) is 5.43. The van der Waals surface area contributed by atoms with Crippen molar-refractivity contribution in [2.24, 2.45) is 0 Å². The van der Waals surface area contributed by atoms with Crippen LogP contribution in [0.1, 0.15) is 10.4 Å². The molecule has 0 aliphatic rings. The van der Waals surface area contributed by atoms with Crippen LogP contribution in [0.5, 0.6) is 11.6 Å². The maximum Gasteiger partial charge on any atom is 0.255 e. The van der Waals surface area contributed by atoms with Crippen molar-refractivity contribution in [1.29, 1.82) is 0 Å². The normalized spacial score (nSPS) is 10.5. The molecule has 1 heterocycles. The number of carbonyl (C=O) groups excluding carboxylic acids is 1. The molecule has 0 saturated carbocycles. The molecule has 1 aromatic heterocycles. The van der Waals surface area contributed by atoms with E-state index in [-0.39, 0.29) is 23.4 Å². The van der Waals surface area contributed by atoms with E-state index in [4.69, 9.17) is 4.74 Å². The number of hydrogen-bond donors (Lipinski definition) is 1. The second-order valence-electron chi connectivity index (χ2n) is 6.34. The molecular weight excluding hydrogens is 388 g/mol. The van der Waals surface area contributed by atoms with E-state index in [1.54, 1.807) is 42.5 Å². The van der Waals surface area contributed by atoms with Gasteiger partial charge in [-0.05, 0) is 66.7 Å². The third kappa shape index (κ3) is 4.64. The molecule has 4 rings (SSSR count). The van der Waals surface area contributed by atoms with E-state index in [2.05, 4.69) is 15.3 Å². The number of aromatic nitrogens is 2. The standard InChI is InChI=1S/C23H15F2N3O2/c24-17-6-4-15(5-7-17)21-13-22(27-14-26-21)30-20-3-1-2-16(12-20)23(29)28-19-10-8-18(25)9-11-19/h1-14H,(H,28,29). The number of halogens is 2. The SMILES string of the molecule is O=C(Nc1ccc(F)cc1)c1cccc(Oc2cc(-c3ccc(F)cc3)ncn2)c1. The van der Waals surface area contributed by atoms with Gasteiger partial charge in [0.15, 0.2) is 0 Å². The highest BCUT2D eigenvalue weighted by Crippen LogP contribution is 2.25. The number of rotatable bonds is 5. The molecule has 0 aliphatic heterocycles. The minimum Gasteiger partial charge on any atom is -0.439 e. The molecule has 5 nitrogen and oxygen atoms in total. The van der Waals surface area contributed by atoms with Crippen LogP contribution < -0.4 is 10.1 Å². The van der Waals surface area contributed by atoms with Gasteiger partial charge in [0.25, 0.3) is 5.91 Å². The van der Waals surface area contributed by atoms with E-state index in [1.165, 1.54) is 42.7 Å². The van der Waals surface area contributed by atoms with Crippen molar-refractivity contribution in [2.75, 3.05) is 5.32 Å². The zero-order valence-electron chi connectivity index (χ0n) is 15.5. The van der Waals surface area contributed by atoms with E-state index in [0.29, 0.717) is 22.7 Å². The number of nitrogens with one attached hydrogen (secondary N) is 1. The van der Waals surface area contributed by atoms with Gasteiger partial charge in [0, 0.05) is 22.9 Å². The third-order valence-electron chi connectivity index (χ3n) is 4.20. The minimum atomic E-state index is -0.381. The Morgan fingerprint density at radius 1 is 0.833 bits per heavy atom. The van der Waals surface area contributed by atoms with Gasteiger partial charge in [-0.3, -0.25) is 4.79 Å². The number of nitrogens with zero attached hydrogens (tertiary/aromatic N) is 2. The molecule has 0 fully saturated rings. The molecule has 4 aromatic rings. The van der Waals surface area contributed by atoms with Crippen molar-refractivity contribution in [2.45, 2.75) is 0 Å². The first-order valence-electron chi connectivity index (χ1n) is 9.00. The molecule has 0 unspecified atom stereocenters. The summed E-state index contributed by atoms with van der Waals surface area (Å²) in [5.41, 5.74) is 2.14. The molecule has 0 atom stereocenters. The zero-order chi connectivity index (χ0) is 20.9. The fourth-order valence-electron chi connectivity index (χ4n) is 2.73. The van der Waals surface area contributed by atoms with Gasteiger partial charge in [-0.1, -0.05) is 6.07 Å². The van der Waals surface area contributed by atoms with E-state index in [0.717, 1.165) is 5.56 Å². The lowest BCUT2D eigenvalue weighted by Gasteiger charge is -2.09. The average Bonchev–Trinajstić information content (AvgIpc) is 2.76. The predicted molar refractivity (Wildman–Crippen MR) is 108 cm³/mol. The zero-order valence-corrected chi connectivity index (χ0v) is 15.5. The van der Waals surface area contributed by atoms with Crippen LogP contribution in [-0.4, -0.2) is 15.9 Å². The van der Waals surface area contributed by atoms with Crippen LogP contribution in [-0.2, 0) is 0 Å². The summed E-state index contributed by atoms with van der Waals surface area (Å²) in [5, 5.41) is 2.69. The van der Waals surface area contributed by atoms with Crippen molar-refractivity contribution >= 4 is 11.6 Å². The van der Waals surface area contributed by atoms with E-state index in [1.807, 2.05) is 0 Å². The Morgan fingerprint density at radius 3 is 2.27 bits per heavy atom. The summed E-state index contributed by atoms with van der Waals surface area (Å²) in [7, 11) is 0. The van der Waals surface area contributed by atoms with E-state index >= 15 is 0 Å². The molecule has 7 heteroatoms. The third-order valence-corrected chi connectivity index (χ3v) is 4.20.